The molecule has 0 heterocycles. The van der Waals surface area contributed by atoms with Gasteiger partial charge in [-0.25, -0.2) is 0 Å². The summed E-state index contributed by atoms with van der Waals surface area (Å²) < 4.78 is 16.0. The first-order valence-corrected chi connectivity index (χ1v) is 10.7. The van der Waals surface area contributed by atoms with Gasteiger partial charge in [0.2, 0.25) is 0 Å². The number of benzene rings is 2. The van der Waals surface area contributed by atoms with Gasteiger partial charge in [0, 0.05) is 7.11 Å². The lowest BCUT2D eigenvalue weighted by Crippen LogP contribution is -2.49. The predicted octanol–water partition coefficient (Wildman–Crippen LogP) is 2.94. The van der Waals surface area contributed by atoms with Crippen molar-refractivity contribution in [3.63, 3.8) is 0 Å². The van der Waals surface area contributed by atoms with Crippen LogP contribution in [0.5, 0.6) is 11.5 Å². The Hall–Kier alpha value is -3.17. The van der Waals surface area contributed by atoms with E-state index in [1.807, 2.05) is 24.3 Å². The number of carbonyl (C=O) groups excluding carboxylic acids is 2. The molecule has 32 heavy (non-hydrogen) atoms. The monoisotopic (exact) mass is 459 g/mol. The normalized spacial score (nSPS) is 11.2. The summed E-state index contributed by atoms with van der Waals surface area (Å²) >= 11 is 5.07. The molecule has 0 aliphatic rings. The molecule has 1 unspecified atom stereocenters. The lowest BCUT2D eigenvalue weighted by Gasteiger charge is -2.14. The van der Waals surface area contributed by atoms with Crippen LogP contribution in [-0.4, -0.2) is 43.9 Å². The smallest absolute Gasteiger partial charge is 0.276 e. The Kier molecular flexibility index (Phi) is 10.4. The topological polar surface area (TPSA) is 97.9 Å². The largest absolute Gasteiger partial charge is 0.490 e. The molecule has 0 bridgehead atoms. The minimum Gasteiger partial charge on any atom is -0.490 e. The fraction of sp³-hybridized carbons (Fsp3) is 0.348. The zero-order chi connectivity index (χ0) is 23.3. The SMILES string of the molecule is CCC(C)c1ccc(OCC(=O)NNC(=S)NC(=O)c2ccccc2OCCOC)cc1. The Morgan fingerprint density at radius 1 is 1.00 bits per heavy atom. The number of carbonyl (C=O) groups is 2. The molecule has 9 heteroatoms. The highest BCUT2D eigenvalue weighted by Gasteiger charge is 2.14. The molecular formula is C23H29N3O5S. The van der Waals surface area contributed by atoms with E-state index in [-0.39, 0.29) is 11.7 Å². The standard InChI is InChI=1S/C23H29N3O5S/c1-4-16(2)17-9-11-18(12-10-17)31-15-21(27)25-26-23(32)24-22(28)19-7-5-6-8-20(19)30-14-13-29-3/h5-12,16H,4,13-15H2,1-3H3,(H,25,27)(H2,24,26,28,32). The highest BCUT2D eigenvalue weighted by molar-refractivity contribution is 7.80. The van der Waals surface area contributed by atoms with E-state index in [0.29, 0.717) is 36.2 Å². The number of nitrogens with one attached hydrogen (secondary N) is 3. The van der Waals surface area contributed by atoms with Crippen LogP contribution >= 0.6 is 12.2 Å². The number of rotatable bonds is 10. The summed E-state index contributed by atoms with van der Waals surface area (Å²) in [5, 5.41) is 2.43. The third-order valence-corrected chi connectivity index (χ3v) is 4.85. The van der Waals surface area contributed by atoms with E-state index >= 15 is 0 Å². The van der Waals surface area contributed by atoms with Gasteiger partial charge in [-0.15, -0.1) is 0 Å². The summed E-state index contributed by atoms with van der Waals surface area (Å²) in [7, 11) is 1.56. The summed E-state index contributed by atoms with van der Waals surface area (Å²) in [5.74, 6) is 0.546. The Morgan fingerprint density at radius 3 is 2.41 bits per heavy atom. The molecule has 0 aromatic heterocycles. The Labute approximate surface area is 193 Å². The van der Waals surface area contributed by atoms with E-state index < -0.39 is 11.8 Å². The number of ether oxygens (including phenoxy) is 3. The third kappa shape index (κ3) is 8.16. The zero-order valence-corrected chi connectivity index (χ0v) is 19.3. The minimum atomic E-state index is -0.470. The molecule has 0 saturated carbocycles. The van der Waals surface area contributed by atoms with Crippen molar-refractivity contribution in [2.24, 2.45) is 0 Å². The molecule has 0 aliphatic carbocycles. The van der Waals surface area contributed by atoms with Crippen molar-refractivity contribution in [2.75, 3.05) is 26.9 Å². The van der Waals surface area contributed by atoms with E-state index in [2.05, 4.69) is 30.0 Å². The predicted molar refractivity (Wildman–Crippen MR) is 126 cm³/mol. The van der Waals surface area contributed by atoms with Crippen molar-refractivity contribution in [1.82, 2.24) is 16.2 Å². The average molecular weight is 460 g/mol. The number of para-hydroxylation sites is 1. The van der Waals surface area contributed by atoms with E-state index in [4.69, 9.17) is 26.4 Å². The van der Waals surface area contributed by atoms with Gasteiger partial charge in [0.25, 0.3) is 11.8 Å². The molecule has 0 saturated heterocycles. The molecule has 172 valence electrons. The maximum atomic E-state index is 12.5. The molecule has 2 rings (SSSR count). The van der Waals surface area contributed by atoms with E-state index in [1.54, 1.807) is 31.4 Å². The molecule has 0 fully saturated rings. The van der Waals surface area contributed by atoms with Gasteiger partial charge in [-0.05, 0) is 54.4 Å². The third-order valence-electron chi connectivity index (χ3n) is 4.65. The number of hydrazine groups is 1. The minimum absolute atomic E-state index is 0.0621. The summed E-state index contributed by atoms with van der Waals surface area (Å²) in [5.41, 5.74) is 6.40. The molecule has 8 nitrogen and oxygen atoms in total. The highest BCUT2D eigenvalue weighted by Crippen LogP contribution is 2.21. The fourth-order valence-corrected chi connectivity index (χ4v) is 2.80. The number of thiocarbonyl (C=S) groups is 1. The summed E-state index contributed by atoms with van der Waals surface area (Å²) in [6, 6.07) is 14.4. The van der Waals surface area contributed by atoms with Gasteiger partial charge >= 0.3 is 0 Å². The summed E-state index contributed by atoms with van der Waals surface area (Å²) in [6.45, 7) is 4.78. The zero-order valence-electron chi connectivity index (χ0n) is 18.5. The highest BCUT2D eigenvalue weighted by atomic mass is 32.1. The molecule has 0 aliphatic heterocycles. The van der Waals surface area contributed by atoms with Crippen LogP contribution in [0.1, 0.15) is 42.1 Å². The first-order valence-electron chi connectivity index (χ1n) is 10.3. The van der Waals surface area contributed by atoms with E-state index in [9.17, 15) is 9.59 Å². The molecule has 2 aromatic carbocycles. The Morgan fingerprint density at radius 2 is 1.72 bits per heavy atom. The van der Waals surface area contributed by atoms with E-state index in [0.717, 1.165) is 6.42 Å². The summed E-state index contributed by atoms with van der Waals surface area (Å²) in [4.78, 5) is 24.5. The Bertz CT molecular complexity index is 905. The lowest BCUT2D eigenvalue weighted by atomic mass is 9.99. The van der Waals surface area contributed by atoms with Gasteiger partial charge in [0.1, 0.15) is 18.1 Å². The van der Waals surface area contributed by atoms with Crippen LogP contribution in [0.2, 0.25) is 0 Å². The van der Waals surface area contributed by atoms with Crippen LogP contribution in [-0.2, 0) is 9.53 Å². The van der Waals surface area contributed by atoms with E-state index in [1.165, 1.54) is 5.56 Å². The van der Waals surface area contributed by atoms with Gasteiger partial charge in [-0.1, -0.05) is 38.1 Å². The Balaban J connectivity index is 1.77. The van der Waals surface area contributed by atoms with Gasteiger partial charge < -0.3 is 14.2 Å². The maximum absolute atomic E-state index is 12.5. The van der Waals surface area contributed by atoms with Crippen molar-refractivity contribution in [2.45, 2.75) is 26.2 Å². The van der Waals surface area contributed by atoms with Crippen molar-refractivity contribution in [3.8, 4) is 11.5 Å². The second-order valence-corrected chi connectivity index (χ2v) is 7.37. The number of amides is 2. The molecule has 0 radical (unpaired) electrons. The van der Waals surface area contributed by atoms with Gasteiger partial charge in [-0.2, -0.15) is 0 Å². The van der Waals surface area contributed by atoms with Crippen molar-refractivity contribution in [1.29, 1.82) is 0 Å². The fourth-order valence-electron chi connectivity index (χ4n) is 2.66. The molecular weight excluding hydrogens is 430 g/mol. The molecule has 2 amide bonds. The second-order valence-electron chi connectivity index (χ2n) is 6.96. The molecule has 2 aromatic rings. The quantitative estimate of drug-likeness (QED) is 0.285. The number of hydrogen-bond donors (Lipinski definition) is 3. The number of hydrogen-bond acceptors (Lipinski definition) is 6. The van der Waals surface area contributed by atoms with Crippen LogP contribution in [0.4, 0.5) is 0 Å². The molecule has 0 spiro atoms. The van der Waals surface area contributed by atoms with Crippen molar-refractivity contribution in [3.05, 3.63) is 59.7 Å². The second kappa shape index (κ2) is 13.3. The molecule has 1 atom stereocenters. The van der Waals surface area contributed by atoms with Crippen LogP contribution in [0.3, 0.4) is 0 Å². The van der Waals surface area contributed by atoms with Gasteiger partial charge in [0.05, 0.1) is 12.2 Å². The van der Waals surface area contributed by atoms with Gasteiger partial charge in [-0.3, -0.25) is 25.8 Å². The number of methoxy groups -OCH3 is 1. The first-order chi connectivity index (χ1) is 15.4. The van der Waals surface area contributed by atoms with Crippen molar-refractivity contribution < 1.29 is 23.8 Å². The lowest BCUT2D eigenvalue weighted by molar-refractivity contribution is -0.123. The first kappa shape index (κ1) is 25.1. The van der Waals surface area contributed by atoms with Crippen LogP contribution in [0.25, 0.3) is 0 Å². The summed E-state index contributed by atoms with van der Waals surface area (Å²) in [6.07, 6.45) is 1.05. The van der Waals surface area contributed by atoms with Crippen LogP contribution in [0, 0.1) is 0 Å². The maximum Gasteiger partial charge on any atom is 0.276 e. The van der Waals surface area contributed by atoms with Gasteiger partial charge in [0.15, 0.2) is 11.7 Å². The van der Waals surface area contributed by atoms with Crippen molar-refractivity contribution >= 4 is 29.1 Å². The average Bonchev–Trinajstić information content (AvgIpc) is 2.81. The van der Waals surface area contributed by atoms with Crippen LogP contribution < -0.4 is 25.6 Å². The molecule has 3 N–H and O–H groups in total. The van der Waals surface area contributed by atoms with Crippen LogP contribution in [0.15, 0.2) is 48.5 Å².